The number of methoxy groups -OCH3 is 1. The summed E-state index contributed by atoms with van der Waals surface area (Å²) in [7, 11) is -2.92. The monoisotopic (exact) mass is 497 g/mol. The van der Waals surface area contributed by atoms with Gasteiger partial charge in [0.15, 0.2) is 0 Å². The topological polar surface area (TPSA) is 114 Å². The normalized spacial score (nSPS) is 16.6. The first kappa shape index (κ1) is 25.5. The van der Waals surface area contributed by atoms with Gasteiger partial charge in [0.05, 0.1) is 20.3 Å². The van der Waals surface area contributed by atoms with Crippen LogP contribution in [-0.2, 0) is 30.8 Å². The number of hydrogen-bond acceptors (Lipinski definition) is 6. The van der Waals surface area contributed by atoms with Gasteiger partial charge in [-0.15, -0.1) is 0 Å². The Labute approximate surface area is 196 Å². The average Bonchev–Trinajstić information content (AvgIpc) is 2.84. The number of nitrogens with one attached hydrogen (secondary N) is 2. The molecular formula is C22H25F2N3O6S. The number of nitrogens with zero attached hydrogens (tertiary/aromatic N) is 1. The molecule has 2 aromatic carbocycles. The van der Waals surface area contributed by atoms with Crippen molar-refractivity contribution in [1.82, 2.24) is 14.9 Å². The Bertz CT molecular complexity index is 1150. The first-order chi connectivity index (χ1) is 16.2. The van der Waals surface area contributed by atoms with Crippen molar-refractivity contribution >= 4 is 21.8 Å². The Morgan fingerprint density at radius 1 is 1.15 bits per heavy atom. The third-order valence-electron chi connectivity index (χ3n) is 5.15. The summed E-state index contributed by atoms with van der Waals surface area (Å²) in [5.41, 5.74) is 0.853. The van der Waals surface area contributed by atoms with Crippen LogP contribution in [-0.4, -0.2) is 64.1 Å². The second kappa shape index (κ2) is 11.4. The molecule has 1 aliphatic heterocycles. The zero-order chi connectivity index (χ0) is 24.7. The highest BCUT2D eigenvalue weighted by Crippen LogP contribution is 2.25. The number of rotatable bonds is 8. The molecule has 0 bridgehead atoms. The molecule has 1 unspecified atom stereocenters. The van der Waals surface area contributed by atoms with Crippen molar-refractivity contribution in [3.8, 4) is 5.75 Å². The molecule has 34 heavy (non-hydrogen) atoms. The van der Waals surface area contributed by atoms with Crippen LogP contribution in [0.1, 0.15) is 12.0 Å². The minimum atomic E-state index is -4.45. The minimum absolute atomic E-state index is 0.0239. The van der Waals surface area contributed by atoms with Gasteiger partial charge in [0.25, 0.3) is 0 Å². The van der Waals surface area contributed by atoms with Crippen LogP contribution < -0.4 is 15.4 Å². The van der Waals surface area contributed by atoms with Crippen molar-refractivity contribution in [3.63, 3.8) is 0 Å². The molecule has 12 heteroatoms. The number of hydrogen-bond donors (Lipinski definition) is 2. The van der Waals surface area contributed by atoms with Crippen molar-refractivity contribution in [2.45, 2.75) is 24.0 Å². The molecule has 0 radical (unpaired) electrons. The number of halogens is 2. The minimum Gasteiger partial charge on any atom is -0.496 e. The van der Waals surface area contributed by atoms with Crippen LogP contribution in [0.2, 0.25) is 0 Å². The van der Waals surface area contributed by atoms with Gasteiger partial charge in [0.1, 0.15) is 28.5 Å². The lowest BCUT2D eigenvalue weighted by atomic mass is 10.1. The van der Waals surface area contributed by atoms with Crippen LogP contribution in [0.3, 0.4) is 0 Å². The molecule has 0 aromatic heterocycles. The molecule has 1 fully saturated rings. The maximum absolute atomic E-state index is 14.1. The van der Waals surface area contributed by atoms with E-state index in [0.29, 0.717) is 24.7 Å². The molecule has 2 N–H and O–H groups in total. The van der Waals surface area contributed by atoms with Gasteiger partial charge in [-0.3, -0.25) is 9.59 Å². The summed E-state index contributed by atoms with van der Waals surface area (Å²) in [5, 5.41) is 4.81. The molecular weight excluding hydrogens is 472 g/mol. The number of ether oxygens (including phenoxy) is 2. The van der Waals surface area contributed by atoms with Crippen molar-refractivity contribution in [1.29, 1.82) is 0 Å². The molecule has 2 amide bonds. The van der Waals surface area contributed by atoms with Crippen molar-refractivity contribution in [2.75, 3.05) is 33.4 Å². The highest BCUT2D eigenvalue weighted by atomic mass is 32.2. The lowest BCUT2D eigenvalue weighted by Crippen LogP contribution is -2.53. The molecule has 1 atom stereocenters. The van der Waals surface area contributed by atoms with E-state index in [9.17, 15) is 26.8 Å². The Hall–Kier alpha value is -3.09. The lowest BCUT2D eigenvalue weighted by Gasteiger charge is -2.34. The highest BCUT2D eigenvalue weighted by molar-refractivity contribution is 7.89. The molecule has 1 saturated heterocycles. The van der Waals surface area contributed by atoms with Crippen LogP contribution in [0.25, 0.3) is 0 Å². The number of carbonyl (C=O) groups excluding carboxylic acids is 2. The Morgan fingerprint density at radius 2 is 1.88 bits per heavy atom. The second-order valence-electron chi connectivity index (χ2n) is 7.40. The summed E-state index contributed by atoms with van der Waals surface area (Å²) in [4.78, 5) is 23.5. The van der Waals surface area contributed by atoms with Crippen molar-refractivity contribution < 1.29 is 36.3 Å². The van der Waals surface area contributed by atoms with E-state index in [1.165, 1.54) is 7.11 Å². The van der Waals surface area contributed by atoms with Gasteiger partial charge in [0.2, 0.25) is 10.0 Å². The van der Waals surface area contributed by atoms with Crippen molar-refractivity contribution in [2.24, 2.45) is 0 Å². The molecule has 0 spiro atoms. The summed E-state index contributed by atoms with van der Waals surface area (Å²) in [6.07, 6.45) is -0.434. The second-order valence-corrected chi connectivity index (χ2v) is 9.26. The first-order valence-electron chi connectivity index (χ1n) is 10.5. The SMILES string of the molecule is COc1ccccc1CCNC(=O)C(=O)NCC1OCCCN1S(=O)(=O)c1cc(F)ccc1F. The van der Waals surface area contributed by atoms with Gasteiger partial charge in [0, 0.05) is 13.1 Å². The zero-order valence-corrected chi connectivity index (χ0v) is 19.2. The molecule has 3 rings (SSSR count). The zero-order valence-electron chi connectivity index (χ0n) is 18.4. The Morgan fingerprint density at radius 3 is 2.65 bits per heavy atom. The maximum atomic E-state index is 14.1. The quantitative estimate of drug-likeness (QED) is 0.530. The predicted molar refractivity (Wildman–Crippen MR) is 117 cm³/mol. The average molecular weight is 498 g/mol. The molecule has 184 valence electrons. The summed E-state index contributed by atoms with van der Waals surface area (Å²) in [5.74, 6) is -3.25. The number of para-hydroxylation sites is 1. The van der Waals surface area contributed by atoms with Gasteiger partial charge in [-0.25, -0.2) is 17.2 Å². The van der Waals surface area contributed by atoms with Crippen LogP contribution in [0, 0.1) is 11.6 Å². The Balaban J connectivity index is 1.58. The third-order valence-corrected chi connectivity index (χ3v) is 7.05. The fourth-order valence-corrected chi connectivity index (χ4v) is 5.11. The number of sulfonamides is 1. The van der Waals surface area contributed by atoms with E-state index in [0.717, 1.165) is 22.0 Å². The smallest absolute Gasteiger partial charge is 0.309 e. The summed E-state index contributed by atoms with van der Waals surface area (Å²) >= 11 is 0. The van der Waals surface area contributed by atoms with E-state index >= 15 is 0 Å². The van der Waals surface area contributed by atoms with E-state index in [1.807, 2.05) is 18.2 Å². The standard InChI is InChI=1S/C22H25F2N3O6S/c1-32-18-6-3-2-5-15(18)9-10-25-21(28)22(29)26-14-20-27(11-4-12-33-20)34(30,31)19-13-16(23)7-8-17(19)24/h2-3,5-8,13,20H,4,9-12,14H2,1H3,(H,25,28)(H,26,29). The van der Waals surface area contributed by atoms with Crippen LogP contribution in [0.4, 0.5) is 8.78 Å². The largest absolute Gasteiger partial charge is 0.496 e. The molecule has 0 saturated carbocycles. The third kappa shape index (κ3) is 6.07. The van der Waals surface area contributed by atoms with E-state index in [1.54, 1.807) is 6.07 Å². The van der Waals surface area contributed by atoms with Crippen LogP contribution >= 0.6 is 0 Å². The summed E-state index contributed by atoms with van der Waals surface area (Å²) in [6, 6.07) is 9.37. The van der Waals surface area contributed by atoms with E-state index < -0.39 is 44.6 Å². The fraction of sp³-hybridized carbons (Fsp3) is 0.364. The van der Waals surface area contributed by atoms with Gasteiger partial charge < -0.3 is 20.1 Å². The van der Waals surface area contributed by atoms with Gasteiger partial charge in [-0.2, -0.15) is 4.31 Å². The van der Waals surface area contributed by atoms with E-state index in [-0.39, 0.29) is 26.2 Å². The maximum Gasteiger partial charge on any atom is 0.309 e. The summed E-state index contributed by atoms with van der Waals surface area (Å²) < 4.78 is 65.0. The molecule has 9 nitrogen and oxygen atoms in total. The number of amides is 2. The van der Waals surface area contributed by atoms with Gasteiger partial charge in [-0.05, 0) is 42.7 Å². The molecule has 1 aliphatic rings. The van der Waals surface area contributed by atoms with Gasteiger partial charge >= 0.3 is 11.8 Å². The fourth-order valence-electron chi connectivity index (χ4n) is 3.46. The first-order valence-corrected chi connectivity index (χ1v) is 11.9. The molecule has 0 aliphatic carbocycles. The van der Waals surface area contributed by atoms with Crippen LogP contribution in [0.5, 0.6) is 5.75 Å². The Kier molecular flexibility index (Phi) is 8.53. The van der Waals surface area contributed by atoms with E-state index in [4.69, 9.17) is 9.47 Å². The molecule has 1 heterocycles. The number of benzene rings is 2. The van der Waals surface area contributed by atoms with Gasteiger partial charge in [-0.1, -0.05) is 18.2 Å². The van der Waals surface area contributed by atoms with Crippen LogP contribution in [0.15, 0.2) is 47.4 Å². The predicted octanol–water partition coefficient (Wildman–Crippen LogP) is 1.19. The van der Waals surface area contributed by atoms with Crippen molar-refractivity contribution in [3.05, 3.63) is 59.7 Å². The number of carbonyl (C=O) groups is 2. The highest BCUT2D eigenvalue weighted by Gasteiger charge is 2.36. The summed E-state index contributed by atoms with van der Waals surface area (Å²) in [6.45, 7) is -0.00590. The van der Waals surface area contributed by atoms with E-state index in [2.05, 4.69) is 10.6 Å². The lowest BCUT2D eigenvalue weighted by molar-refractivity contribution is -0.140. The molecule has 2 aromatic rings.